The summed E-state index contributed by atoms with van der Waals surface area (Å²) in [4.78, 5) is 11.1. The summed E-state index contributed by atoms with van der Waals surface area (Å²) in [5, 5.41) is 10.5. The number of halogens is 1. The second kappa shape index (κ2) is 4.44. The summed E-state index contributed by atoms with van der Waals surface area (Å²) < 4.78 is 5.66. The van der Waals surface area contributed by atoms with E-state index in [1.807, 2.05) is 24.3 Å². The molecule has 1 N–H and O–H groups in total. The topological polar surface area (TPSA) is 50.4 Å². The van der Waals surface area contributed by atoms with E-state index >= 15 is 0 Å². The predicted molar refractivity (Wildman–Crippen MR) is 73.6 cm³/mol. The van der Waals surface area contributed by atoms with Crippen LogP contribution >= 0.6 is 11.6 Å². The number of benzene rings is 2. The first-order chi connectivity index (χ1) is 9.15. The molecule has 0 aliphatic rings. The van der Waals surface area contributed by atoms with Crippen molar-refractivity contribution >= 4 is 28.5 Å². The molecule has 0 fully saturated rings. The smallest absolute Gasteiger partial charge is 0.339 e. The SMILES string of the molecule is O=C(O)c1cccc2cc(-c3ccc(Cl)cc3)oc12. The highest BCUT2D eigenvalue weighted by molar-refractivity contribution is 6.30. The molecule has 3 aromatic rings. The molecular weight excluding hydrogens is 264 g/mol. The number of para-hydroxylation sites is 1. The Bertz CT molecular complexity index is 757. The van der Waals surface area contributed by atoms with Gasteiger partial charge in [0.2, 0.25) is 0 Å². The van der Waals surface area contributed by atoms with Crippen LogP contribution in [-0.4, -0.2) is 11.1 Å². The molecule has 0 aliphatic heterocycles. The molecule has 4 heteroatoms. The predicted octanol–water partition coefficient (Wildman–Crippen LogP) is 4.45. The average Bonchev–Trinajstić information content (AvgIpc) is 2.82. The summed E-state index contributed by atoms with van der Waals surface area (Å²) in [6.45, 7) is 0. The Labute approximate surface area is 114 Å². The molecule has 19 heavy (non-hydrogen) atoms. The number of rotatable bonds is 2. The quantitative estimate of drug-likeness (QED) is 0.750. The maximum Gasteiger partial charge on any atom is 0.339 e. The lowest BCUT2D eigenvalue weighted by Gasteiger charge is -1.97. The van der Waals surface area contributed by atoms with Crippen LogP contribution in [0.4, 0.5) is 0 Å². The second-order valence-corrected chi connectivity index (χ2v) is 4.58. The molecule has 1 aromatic heterocycles. The second-order valence-electron chi connectivity index (χ2n) is 4.15. The van der Waals surface area contributed by atoms with Crippen molar-refractivity contribution < 1.29 is 14.3 Å². The Kier molecular flexibility index (Phi) is 2.76. The van der Waals surface area contributed by atoms with Gasteiger partial charge < -0.3 is 9.52 Å². The molecule has 0 aliphatic carbocycles. The largest absolute Gasteiger partial charge is 0.478 e. The lowest BCUT2D eigenvalue weighted by Crippen LogP contribution is -1.95. The number of carboxylic acid groups (broad SMARTS) is 1. The first-order valence-electron chi connectivity index (χ1n) is 5.67. The zero-order chi connectivity index (χ0) is 13.4. The van der Waals surface area contributed by atoms with Crippen molar-refractivity contribution in [1.29, 1.82) is 0 Å². The molecule has 0 atom stereocenters. The third-order valence-corrected chi connectivity index (χ3v) is 3.16. The van der Waals surface area contributed by atoms with Gasteiger partial charge in [-0.1, -0.05) is 23.7 Å². The Morgan fingerprint density at radius 3 is 2.53 bits per heavy atom. The summed E-state index contributed by atoms with van der Waals surface area (Å²) in [5.74, 6) is -0.372. The van der Waals surface area contributed by atoms with Crippen molar-refractivity contribution in [2.75, 3.05) is 0 Å². The van der Waals surface area contributed by atoms with Crippen LogP contribution in [0.15, 0.2) is 52.9 Å². The molecule has 0 unspecified atom stereocenters. The Hall–Kier alpha value is -2.26. The fourth-order valence-corrected chi connectivity index (χ4v) is 2.11. The van der Waals surface area contributed by atoms with E-state index < -0.39 is 5.97 Å². The van der Waals surface area contributed by atoms with Crippen molar-refractivity contribution in [1.82, 2.24) is 0 Å². The van der Waals surface area contributed by atoms with Crippen molar-refractivity contribution in [3.05, 3.63) is 59.1 Å². The molecule has 0 spiro atoms. The molecule has 0 radical (unpaired) electrons. The summed E-state index contributed by atoms with van der Waals surface area (Å²) in [6, 6.07) is 14.1. The summed E-state index contributed by atoms with van der Waals surface area (Å²) in [5.41, 5.74) is 1.41. The number of aromatic carboxylic acids is 1. The number of fused-ring (bicyclic) bond motifs is 1. The molecule has 0 saturated heterocycles. The van der Waals surface area contributed by atoms with Gasteiger partial charge in [-0.15, -0.1) is 0 Å². The monoisotopic (exact) mass is 272 g/mol. The van der Waals surface area contributed by atoms with Crippen molar-refractivity contribution in [2.24, 2.45) is 0 Å². The number of hydrogen-bond acceptors (Lipinski definition) is 2. The fourth-order valence-electron chi connectivity index (χ4n) is 1.99. The molecule has 0 saturated carbocycles. The molecule has 1 heterocycles. The zero-order valence-corrected chi connectivity index (χ0v) is 10.5. The van der Waals surface area contributed by atoms with Gasteiger partial charge in [-0.2, -0.15) is 0 Å². The maximum absolute atomic E-state index is 11.1. The van der Waals surface area contributed by atoms with Crippen LogP contribution < -0.4 is 0 Å². The van der Waals surface area contributed by atoms with Crippen LogP contribution in [0.25, 0.3) is 22.3 Å². The number of furan rings is 1. The van der Waals surface area contributed by atoms with Crippen LogP contribution in [0.2, 0.25) is 5.02 Å². The molecule has 3 nitrogen and oxygen atoms in total. The third kappa shape index (κ3) is 2.09. The Morgan fingerprint density at radius 2 is 1.84 bits per heavy atom. The van der Waals surface area contributed by atoms with E-state index in [0.29, 0.717) is 16.4 Å². The van der Waals surface area contributed by atoms with E-state index in [1.54, 1.807) is 18.2 Å². The van der Waals surface area contributed by atoms with Gasteiger partial charge in [-0.05, 0) is 36.4 Å². The minimum Gasteiger partial charge on any atom is -0.478 e. The van der Waals surface area contributed by atoms with Gasteiger partial charge >= 0.3 is 5.97 Å². The van der Waals surface area contributed by atoms with Gasteiger partial charge in [-0.3, -0.25) is 0 Å². The molecule has 3 rings (SSSR count). The van der Waals surface area contributed by atoms with Crippen molar-refractivity contribution in [2.45, 2.75) is 0 Å². The van der Waals surface area contributed by atoms with E-state index in [-0.39, 0.29) is 5.56 Å². The van der Waals surface area contributed by atoms with Crippen LogP contribution in [0.3, 0.4) is 0 Å². The van der Waals surface area contributed by atoms with Gasteiger partial charge in [0.15, 0.2) is 0 Å². The standard InChI is InChI=1S/C15H9ClO3/c16-11-6-4-9(5-7-11)13-8-10-2-1-3-12(15(17)18)14(10)19-13/h1-8H,(H,17,18). The first kappa shape index (κ1) is 11.8. The van der Waals surface area contributed by atoms with E-state index in [2.05, 4.69) is 0 Å². The lowest BCUT2D eigenvalue weighted by atomic mass is 10.1. The minimum absolute atomic E-state index is 0.165. The summed E-state index contributed by atoms with van der Waals surface area (Å²) in [6.07, 6.45) is 0. The van der Waals surface area contributed by atoms with E-state index in [0.717, 1.165) is 10.9 Å². The average molecular weight is 273 g/mol. The summed E-state index contributed by atoms with van der Waals surface area (Å²) >= 11 is 5.84. The lowest BCUT2D eigenvalue weighted by molar-refractivity contribution is 0.0698. The van der Waals surface area contributed by atoms with Gasteiger partial charge in [-0.25, -0.2) is 4.79 Å². The molecule has 2 aromatic carbocycles. The van der Waals surface area contributed by atoms with Crippen LogP contribution in [0, 0.1) is 0 Å². The third-order valence-electron chi connectivity index (χ3n) is 2.90. The van der Waals surface area contributed by atoms with Gasteiger partial charge in [0, 0.05) is 16.0 Å². The number of carbonyl (C=O) groups is 1. The number of hydrogen-bond donors (Lipinski definition) is 1. The molecule has 0 amide bonds. The van der Waals surface area contributed by atoms with Crippen molar-refractivity contribution in [3.8, 4) is 11.3 Å². The summed E-state index contributed by atoms with van der Waals surface area (Å²) in [7, 11) is 0. The zero-order valence-electron chi connectivity index (χ0n) is 9.76. The van der Waals surface area contributed by atoms with Crippen LogP contribution in [0.5, 0.6) is 0 Å². The van der Waals surface area contributed by atoms with E-state index in [1.165, 1.54) is 6.07 Å². The van der Waals surface area contributed by atoms with Gasteiger partial charge in [0.05, 0.1) is 0 Å². The molecular formula is C15H9ClO3. The molecule has 0 bridgehead atoms. The van der Waals surface area contributed by atoms with Gasteiger partial charge in [0.1, 0.15) is 16.9 Å². The Morgan fingerprint density at radius 1 is 1.11 bits per heavy atom. The number of carboxylic acids is 1. The highest BCUT2D eigenvalue weighted by Crippen LogP contribution is 2.30. The Balaban J connectivity index is 2.19. The highest BCUT2D eigenvalue weighted by atomic mass is 35.5. The van der Waals surface area contributed by atoms with E-state index in [4.69, 9.17) is 21.1 Å². The fraction of sp³-hybridized carbons (Fsp3) is 0. The highest BCUT2D eigenvalue weighted by Gasteiger charge is 2.13. The minimum atomic E-state index is -0.998. The van der Waals surface area contributed by atoms with Gasteiger partial charge in [0.25, 0.3) is 0 Å². The normalized spacial score (nSPS) is 10.8. The van der Waals surface area contributed by atoms with Crippen LogP contribution in [0.1, 0.15) is 10.4 Å². The van der Waals surface area contributed by atoms with Crippen molar-refractivity contribution in [3.63, 3.8) is 0 Å². The maximum atomic E-state index is 11.1. The molecule has 94 valence electrons. The van der Waals surface area contributed by atoms with Crippen LogP contribution in [-0.2, 0) is 0 Å². The van der Waals surface area contributed by atoms with E-state index in [9.17, 15) is 4.79 Å². The first-order valence-corrected chi connectivity index (χ1v) is 6.05.